The molecule has 0 fully saturated rings. The summed E-state index contributed by atoms with van der Waals surface area (Å²) < 4.78 is 4.15. The maximum absolute atomic E-state index is 6.20. The molecule has 0 saturated heterocycles. The van der Waals surface area contributed by atoms with Crippen molar-refractivity contribution in [1.82, 2.24) is 0 Å². The van der Waals surface area contributed by atoms with Gasteiger partial charge in [0.25, 0.3) is 0 Å². The Morgan fingerprint density at radius 3 is 1.39 bits per heavy atom. The minimum atomic E-state index is -1.97. The summed E-state index contributed by atoms with van der Waals surface area (Å²) in [5.41, 5.74) is 3.25. The van der Waals surface area contributed by atoms with Crippen LogP contribution in [0.3, 0.4) is 0 Å². The van der Waals surface area contributed by atoms with E-state index < -0.39 is 19.8 Å². The third-order valence-corrected chi connectivity index (χ3v) is 16.7. The summed E-state index contributed by atoms with van der Waals surface area (Å²) in [7, 11) is 0. The summed E-state index contributed by atoms with van der Waals surface area (Å²) in [6.45, 7) is 9.64. The van der Waals surface area contributed by atoms with E-state index >= 15 is 0 Å². The Hall–Kier alpha value is -1.25. The fourth-order valence-electron chi connectivity index (χ4n) is 4.00. The van der Waals surface area contributed by atoms with Crippen molar-refractivity contribution in [3.63, 3.8) is 0 Å². The van der Waals surface area contributed by atoms with Crippen LogP contribution in [-0.2, 0) is 10.8 Å². The normalized spacial score (nSPS) is 12.4. The number of hydrogen-bond donors (Lipinski definition) is 0. The third-order valence-electron chi connectivity index (χ3n) is 5.67. The molecule has 2 heteroatoms. The van der Waals surface area contributed by atoms with Gasteiger partial charge in [0.2, 0.25) is 0 Å². The van der Waals surface area contributed by atoms with Crippen LogP contribution in [0.4, 0.5) is 0 Å². The minimum absolute atomic E-state index is 0.183. The summed E-state index contributed by atoms with van der Waals surface area (Å²) in [4.78, 5) is 0. The first-order chi connectivity index (χ1) is 13.3. The predicted octanol–water partition coefficient (Wildman–Crippen LogP) is 7.00. The summed E-state index contributed by atoms with van der Waals surface area (Å²) in [6, 6.07) is 30.7. The average molecular weight is 497 g/mol. The van der Waals surface area contributed by atoms with Crippen LogP contribution in [0.2, 0.25) is 13.9 Å². The van der Waals surface area contributed by atoms with E-state index in [1.807, 2.05) is 0 Å². The summed E-state index contributed by atoms with van der Waals surface area (Å²) in [6.07, 6.45) is 0. The number of rotatable bonds is 7. The number of hydrogen-bond acceptors (Lipinski definition) is 0. The Kier molecular flexibility index (Phi) is 6.93. The molecule has 0 heterocycles. The molecule has 0 unspecified atom stereocenters. The van der Waals surface area contributed by atoms with Gasteiger partial charge < -0.3 is 0 Å². The molecule has 0 atom stereocenters. The molecule has 28 heavy (non-hydrogen) atoms. The van der Waals surface area contributed by atoms with Crippen molar-refractivity contribution in [2.45, 2.75) is 47.4 Å². The van der Waals surface area contributed by atoms with Gasteiger partial charge in [0.15, 0.2) is 0 Å². The van der Waals surface area contributed by atoms with E-state index in [9.17, 15) is 0 Å². The van der Waals surface area contributed by atoms with Crippen LogP contribution >= 0.6 is 11.6 Å². The van der Waals surface area contributed by atoms with Gasteiger partial charge in [0, 0.05) is 0 Å². The van der Waals surface area contributed by atoms with Crippen molar-refractivity contribution >= 4 is 34.9 Å². The zero-order valence-electron chi connectivity index (χ0n) is 17.4. The number of benzene rings is 3. The first kappa shape index (κ1) is 21.5. The molecule has 0 aliphatic heterocycles. The zero-order valence-corrected chi connectivity index (χ0v) is 21.0. The van der Waals surface area contributed by atoms with Crippen molar-refractivity contribution in [1.29, 1.82) is 0 Å². The van der Waals surface area contributed by atoms with Crippen LogP contribution in [0.15, 0.2) is 84.9 Å². The van der Waals surface area contributed by atoms with Gasteiger partial charge >= 0.3 is 183 Å². The molecule has 1 radical (unpaired) electrons. The van der Waals surface area contributed by atoms with Crippen molar-refractivity contribution in [2.24, 2.45) is 0 Å². The van der Waals surface area contributed by atoms with E-state index in [0.717, 1.165) is 5.02 Å². The molecule has 0 nitrogen and oxygen atoms in total. The fraction of sp³-hybridized carbons (Fsp3) is 0.308. The van der Waals surface area contributed by atoms with Gasteiger partial charge in [-0.3, -0.25) is 0 Å². The second-order valence-electron chi connectivity index (χ2n) is 8.96. The second kappa shape index (κ2) is 9.05. The SMILES string of the molecule is CC(C)([CH2][Sn]([CH2]C(C)(C)c1ccccc1)[c]1ccc(Cl)cc1)c1ccccc1. The van der Waals surface area contributed by atoms with Gasteiger partial charge in [0.1, 0.15) is 0 Å². The molecule has 0 bridgehead atoms. The first-order valence-corrected chi connectivity index (χ1v) is 15.8. The van der Waals surface area contributed by atoms with Gasteiger partial charge in [-0.05, 0) is 0 Å². The van der Waals surface area contributed by atoms with Crippen molar-refractivity contribution in [2.75, 3.05) is 0 Å². The molecule has 0 aromatic heterocycles. The van der Waals surface area contributed by atoms with Crippen molar-refractivity contribution < 1.29 is 0 Å². The molecular weight excluding hydrogens is 466 g/mol. The monoisotopic (exact) mass is 497 g/mol. The molecule has 0 spiro atoms. The van der Waals surface area contributed by atoms with Crippen molar-refractivity contribution in [3.8, 4) is 0 Å². The molecule has 0 aliphatic carbocycles. The molecule has 0 saturated carbocycles. The predicted molar refractivity (Wildman–Crippen MR) is 125 cm³/mol. The van der Waals surface area contributed by atoms with Crippen LogP contribution in [-0.4, -0.2) is 19.8 Å². The standard InChI is InChI=1S/2C10H13.C6H4Cl.Sn/c2*1-10(2,3)9-7-5-4-6-8-9;7-6-4-2-1-3-5-6;/h2*4-8H,1H2,2-3H3;2-5H;. The van der Waals surface area contributed by atoms with Gasteiger partial charge in [-0.1, -0.05) is 0 Å². The molecule has 0 amide bonds. The Morgan fingerprint density at radius 1 is 0.607 bits per heavy atom. The van der Waals surface area contributed by atoms with Gasteiger partial charge in [0.05, 0.1) is 0 Å². The Labute approximate surface area is 182 Å². The Morgan fingerprint density at radius 2 is 1.00 bits per heavy atom. The summed E-state index contributed by atoms with van der Waals surface area (Å²) in [5.74, 6) is 0. The van der Waals surface area contributed by atoms with E-state index in [2.05, 4.69) is 113 Å². The summed E-state index contributed by atoms with van der Waals surface area (Å²) in [5, 5.41) is 0.830. The summed E-state index contributed by atoms with van der Waals surface area (Å²) >= 11 is 4.22. The third kappa shape index (κ3) is 5.42. The average Bonchev–Trinajstić information content (AvgIpc) is 2.69. The van der Waals surface area contributed by atoms with Crippen molar-refractivity contribution in [3.05, 3.63) is 101 Å². The number of halogens is 1. The molecule has 3 aromatic rings. The maximum atomic E-state index is 6.20. The van der Waals surface area contributed by atoms with Crippen LogP contribution in [0, 0.1) is 0 Å². The van der Waals surface area contributed by atoms with Gasteiger partial charge in [-0.15, -0.1) is 0 Å². The van der Waals surface area contributed by atoms with Gasteiger partial charge in [-0.25, -0.2) is 0 Å². The molecule has 0 N–H and O–H groups in total. The van der Waals surface area contributed by atoms with E-state index in [4.69, 9.17) is 11.6 Å². The van der Waals surface area contributed by atoms with E-state index in [-0.39, 0.29) is 10.8 Å². The molecule has 3 rings (SSSR count). The molecular formula is C26H30ClSn. The quantitative estimate of drug-likeness (QED) is 0.309. The van der Waals surface area contributed by atoms with E-state index in [1.165, 1.54) is 20.0 Å². The van der Waals surface area contributed by atoms with Crippen LogP contribution in [0.5, 0.6) is 0 Å². The molecule has 145 valence electrons. The van der Waals surface area contributed by atoms with Crippen LogP contribution in [0.1, 0.15) is 38.8 Å². The van der Waals surface area contributed by atoms with Crippen LogP contribution < -0.4 is 3.58 Å². The Bertz CT molecular complexity index is 814. The topological polar surface area (TPSA) is 0 Å². The van der Waals surface area contributed by atoms with Gasteiger partial charge in [-0.2, -0.15) is 0 Å². The fourth-order valence-corrected chi connectivity index (χ4v) is 14.7. The zero-order chi connectivity index (χ0) is 20.2. The molecule has 0 aliphatic rings. The Balaban J connectivity index is 1.92. The molecule has 3 aromatic carbocycles. The first-order valence-electron chi connectivity index (χ1n) is 10.00. The second-order valence-corrected chi connectivity index (χ2v) is 16.5. The van der Waals surface area contributed by atoms with E-state index in [0.29, 0.717) is 0 Å². The van der Waals surface area contributed by atoms with Crippen LogP contribution in [0.25, 0.3) is 0 Å². The van der Waals surface area contributed by atoms with E-state index in [1.54, 1.807) is 3.58 Å².